The van der Waals surface area contributed by atoms with Crippen LogP contribution in [0.3, 0.4) is 0 Å². The summed E-state index contributed by atoms with van der Waals surface area (Å²) >= 11 is 0. The molecule has 0 unspecified atom stereocenters. The van der Waals surface area contributed by atoms with Gasteiger partial charge >= 0.3 is 5.97 Å². The Hall–Kier alpha value is -2.38. The molecular weight excluding hydrogens is 334 g/mol. The second kappa shape index (κ2) is 7.47. The molecule has 1 aromatic carbocycles. The maximum absolute atomic E-state index is 12.6. The van der Waals surface area contributed by atoms with Gasteiger partial charge in [-0.05, 0) is 32.4 Å². The molecule has 0 radical (unpaired) electrons. The van der Waals surface area contributed by atoms with Crippen molar-refractivity contribution in [2.24, 2.45) is 0 Å². The smallest absolute Gasteiger partial charge is 0.356 e. The Morgan fingerprint density at radius 3 is 2.65 bits per heavy atom. The van der Waals surface area contributed by atoms with Crippen LogP contribution in [-0.4, -0.2) is 60.7 Å². The van der Waals surface area contributed by atoms with Gasteiger partial charge in [0, 0.05) is 24.0 Å². The zero-order valence-electron chi connectivity index (χ0n) is 15.6. The predicted octanol–water partition coefficient (Wildman–Crippen LogP) is 2.31. The summed E-state index contributed by atoms with van der Waals surface area (Å²) in [5, 5.41) is 3.68. The molecule has 1 aliphatic heterocycles. The number of nitrogens with zero attached hydrogens (tertiary/aromatic N) is 1. The molecule has 140 valence electrons. The van der Waals surface area contributed by atoms with Crippen LogP contribution in [0.2, 0.25) is 0 Å². The van der Waals surface area contributed by atoms with Crippen LogP contribution < -0.4 is 5.32 Å². The number of carbonyl (C=O) groups excluding carboxylic acids is 2. The fraction of sp³-hybridized carbons (Fsp3) is 0.474. The van der Waals surface area contributed by atoms with Crippen LogP contribution in [0.1, 0.15) is 29.9 Å². The van der Waals surface area contributed by atoms with Crippen molar-refractivity contribution in [3.8, 4) is 0 Å². The molecule has 1 saturated heterocycles. The van der Waals surface area contributed by atoms with Gasteiger partial charge in [-0.3, -0.25) is 9.69 Å². The standard InChI is InChI=1S/C19H25N3O4/c1-11-5-6-14-15(7-11)20-18(19(24)25-4)17(14)21-16(23)10-22-8-12(2)26-13(3)9-22/h5-7,12-13,20H,8-10H2,1-4H3,(H,21,23)/t12-,13-/m1/s1. The highest BCUT2D eigenvalue weighted by Crippen LogP contribution is 2.29. The van der Waals surface area contributed by atoms with Crippen molar-refractivity contribution in [2.45, 2.75) is 33.0 Å². The second-order valence-corrected chi connectivity index (χ2v) is 6.92. The molecular formula is C19H25N3O4. The summed E-state index contributed by atoms with van der Waals surface area (Å²) in [6.07, 6.45) is 0.182. The Bertz CT molecular complexity index is 820. The molecule has 1 aromatic heterocycles. The highest BCUT2D eigenvalue weighted by atomic mass is 16.5. The number of rotatable bonds is 4. The van der Waals surface area contributed by atoms with Crippen LogP contribution in [0.15, 0.2) is 18.2 Å². The van der Waals surface area contributed by atoms with E-state index in [1.807, 2.05) is 39.0 Å². The van der Waals surface area contributed by atoms with E-state index in [0.29, 0.717) is 18.8 Å². The van der Waals surface area contributed by atoms with Crippen molar-refractivity contribution in [1.29, 1.82) is 0 Å². The van der Waals surface area contributed by atoms with Crippen LogP contribution in [0.5, 0.6) is 0 Å². The van der Waals surface area contributed by atoms with E-state index in [0.717, 1.165) is 16.5 Å². The van der Waals surface area contributed by atoms with E-state index in [2.05, 4.69) is 15.2 Å². The van der Waals surface area contributed by atoms with Crippen LogP contribution in [0, 0.1) is 6.92 Å². The molecule has 1 fully saturated rings. The van der Waals surface area contributed by atoms with E-state index in [4.69, 9.17) is 9.47 Å². The zero-order valence-corrected chi connectivity index (χ0v) is 15.6. The number of nitrogens with one attached hydrogen (secondary N) is 2. The first-order valence-electron chi connectivity index (χ1n) is 8.75. The molecule has 0 spiro atoms. The first kappa shape index (κ1) is 18.4. The number of H-pyrrole nitrogens is 1. The second-order valence-electron chi connectivity index (χ2n) is 6.92. The lowest BCUT2D eigenvalue weighted by atomic mass is 10.1. The van der Waals surface area contributed by atoms with Crippen LogP contribution in [0.4, 0.5) is 5.69 Å². The number of hydrogen-bond acceptors (Lipinski definition) is 5. The number of carbonyl (C=O) groups is 2. The van der Waals surface area contributed by atoms with E-state index in [1.165, 1.54) is 7.11 Å². The minimum atomic E-state index is -0.511. The van der Waals surface area contributed by atoms with Gasteiger partial charge in [-0.25, -0.2) is 4.79 Å². The molecule has 26 heavy (non-hydrogen) atoms. The third-order valence-electron chi connectivity index (χ3n) is 4.47. The van der Waals surface area contributed by atoms with Gasteiger partial charge in [0.2, 0.25) is 5.91 Å². The maximum Gasteiger partial charge on any atom is 0.356 e. The third kappa shape index (κ3) is 3.89. The van der Waals surface area contributed by atoms with Crippen molar-refractivity contribution in [3.63, 3.8) is 0 Å². The number of benzene rings is 1. The van der Waals surface area contributed by atoms with E-state index in [9.17, 15) is 9.59 Å². The normalized spacial score (nSPS) is 20.9. The Kier molecular flexibility index (Phi) is 5.29. The number of aromatic amines is 1. The summed E-state index contributed by atoms with van der Waals surface area (Å²) in [6.45, 7) is 7.62. The number of esters is 1. The van der Waals surface area contributed by atoms with E-state index >= 15 is 0 Å². The summed E-state index contributed by atoms with van der Waals surface area (Å²) in [4.78, 5) is 29.8. The number of hydrogen-bond donors (Lipinski definition) is 2. The minimum absolute atomic E-state index is 0.0910. The van der Waals surface area contributed by atoms with E-state index in [1.54, 1.807) is 0 Å². The number of amides is 1. The molecule has 1 aliphatic rings. The molecule has 3 rings (SSSR count). The predicted molar refractivity (Wildman–Crippen MR) is 99.5 cm³/mol. The molecule has 1 amide bonds. The molecule has 0 aliphatic carbocycles. The number of ether oxygens (including phenoxy) is 2. The van der Waals surface area contributed by atoms with Gasteiger partial charge in [0.05, 0.1) is 31.5 Å². The lowest BCUT2D eigenvalue weighted by molar-refractivity contribution is -0.121. The van der Waals surface area contributed by atoms with Crippen molar-refractivity contribution < 1.29 is 19.1 Å². The highest BCUT2D eigenvalue weighted by Gasteiger charge is 2.25. The maximum atomic E-state index is 12.6. The van der Waals surface area contributed by atoms with Crippen molar-refractivity contribution in [2.75, 3.05) is 32.1 Å². The average Bonchev–Trinajstić information content (AvgIpc) is 2.90. The number of morpholine rings is 1. The lowest BCUT2D eigenvalue weighted by Gasteiger charge is -2.34. The lowest BCUT2D eigenvalue weighted by Crippen LogP contribution is -2.48. The molecule has 0 saturated carbocycles. The van der Waals surface area contributed by atoms with E-state index in [-0.39, 0.29) is 30.4 Å². The topological polar surface area (TPSA) is 83.7 Å². The van der Waals surface area contributed by atoms with Gasteiger partial charge in [-0.2, -0.15) is 0 Å². The SMILES string of the molecule is COC(=O)c1[nH]c2cc(C)ccc2c1NC(=O)CN1C[C@@H](C)O[C@H](C)C1. The molecule has 7 nitrogen and oxygen atoms in total. The molecule has 0 bridgehead atoms. The van der Waals surface area contributed by atoms with Crippen molar-refractivity contribution in [1.82, 2.24) is 9.88 Å². The quantitative estimate of drug-likeness (QED) is 0.819. The van der Waals surface area contributed by atoms with Gasteiger partial charge in [0.1, 0.15) is 5.69 Å². The highest BCUT2D eigenvalue weighted by molar-refractivity contribution is 6.11. The average molecular weight is 359 g/mol. The van der Waals surface area contributed by atoms with Crippen molar-refractivity contribution >= 4 is 28.5 Å². The zero-order chi connectivity index (χ0) is 18.8. The number of aryl methyl sites for hydroxylation is 1. The van der Waals surface area contributed by atoms with Gasteiger partial charge in [0.15, 0.2) is 0 Å². The number of anilines is 1. The van der Waals surface area contributed by atoms with Gasteiger partial charge in [-0.15, -0.1) is 0 Å². The first-order valence-corrected chi connectivity index (χ1v) is 8.75. The van der Waals surface area contributed by atoms with Gasteiger partial charge < -0.3 is 19.8 Å². The van der Waals surface area contributed by atoms with E-state index < -0.39 is 5.97 Å². The Morgan fingerprint density at radius 1 is 1.31 bits per heavy atom. The fourth-order valence-electron chi connectivity index (χ4n) is 3.49. The monoisotopic (exact) mass is 359 g/mol. The Labute approximate surface area is 152 Å². The summed E-state index contributed by atoms with van der Waals surface area (Å²) in [6, 6.07) is 5.77. The summed E-state index contributed by atoms with van der Waals surface area (Å²) in [5.74, 6) is -0.680. The number of aromatic nitrogens is 1. The summed E-state index contributed by atoms with van der Waals surface area (Å²) in [5.41, 5.74) is 2.56. The Balaban J connectivity index is 1.82. The van der Waals surface area contributed by atoms with Gasteiger partial charge in [0.25, 0.3) is 0 Å². The van der Waals surface area contributed by atoms with Crippen LogP contribution in [-0.2, 0) is 14.3 Å². The number of methoxy groups -OCH3 is 1. The third-order valence-corrected chi connectivity index (χ3v) is 4.47. The fourth-order valence-corrected chi connectivity index (χ4v) is 3.49. The summed E-state index contributed by atoms with van der Waals surface area (Å²) in [7, 11) is 1.32. The molecule has 7 heteroatoms. The first-order chi connectivity index (χ1) is 12.4. The summed E-state index contributed by atoms with van der Waals surface area (Å²) < 4.78 is 10.5. The molecule has 2 atom stereocenters. The Morgan fingerprint density at radius 2 is 2.00 bits per heavy atom. The molecule has 2 heterocycles. The molecule has 2 N–H and O–H groups in total. The van der Waals surface area contributed by atoms with Gasteiger partial charge in [-0.1, -0.05) is 12.1 Å². The van der Waals surface area contributed by atoms with Crippen LogP contribution >= 0.6 is 0 Å². The van der Waals surface area contributed by atoms with Crippen LogP contribution in [0.25, 0.3) is 10.9 Å². The largest absolute Gasteiger partial charge is 0.464 e. The minimum Gasteiger partial charge on any atom is -0.464 e. The molecule has 2 aromatic rings. The van der Waals surface area contributed by atoms with Crippen molar-refractivity contribution in [3.05, 3.63) is 29.5 Å². The number of fused-ring (bicyclic) bond motifs is 1.